The predicted octanol–water partition coefficient (Wildman–Crippen LogP) is 2.98. The van der Waals surface area contributed by atoms with Crippen molar-refractivity contribution in [2.24, 2.45) is 0 Å². The van der Waals surface area contributed by atoms with Crippen LogP contribution < -0.4 is 5.32 Å². The van der Waals surface area contributed by atoms with Crippen molar-refractivity contribution in [3.63, 3.8) is 0 Å². The van der Waals surface area contributed by atoms with Gasteiger partial charge in [-0.3, -0.25) is 4.79 Å². The second kappa shape index (κ2) is 6.39. The average molecular weight is 290 g/mol. The van der Waals surface area contributed by atoms with E-state index in [1.54, 1.807) is 4.68 Å². The van der Waals surface area contributed by atoms with E-state index in [0.29, 0.717) is 11.7 Å². The molecule has 5 heteroatoms. The number of nitrogens with one attached hydrogen (secondary N) is 1. The van der Waals surface area contributed by atoms with E-state index in [9.17, 15) is 4.79 Å². The maximum absolute atomic E-state index is 10.8. The van der Waals surface area contributed by atoms with Gasteiger partial charge in [-0.1, -0.05) is 42.0 Å². The van der Waals surface area contributed by atoms with Gasteiger partial charge < -0.3 is 5.32 Å². The Bertz CT molecular complexity index is 632. The van der Waals surface area contributed by atoms with Gasteiger partial charge in [-0.25, -0.2) is 4.68 Å². The summed E-state index contributed by atoms with van der Waals surface area (Å²) in [5.41, 5.74) is 2.63. The molecule has 0 fully saturated rings. The first-order valence-corrected chi connectivity index (χ1v) is 6.69. The van der Waals surface area contributed by atoms with E-state index in [0.717, 1.165) is 16.9 Å². The summed E-state index contributed by atoms with van der Waals surface area (Å²) in [6.45, 7) is 3.87. The van der Waals surface area contributed by atoms with E-state index in [2.05, 4.69) is 10.4 Å². The zero-order chi connectivity index (χ0) is 14.5. The monoisotopic (exact) mass is 289 g/mol. The zero-order valence-corrected chi connectivity index (χ0v) is 12.2. The van der Waals surface area contributed by atoms with Crippen LogP contribution in [-0.4, -0.2) is 22.2 Å². The molecule has 20 heavy (non-hydrogen) atoms. The largest absolute Gasteiger partial charge is 0.353 e. The van der Waals surface area contributed by atoms with Crippen molar-refractivity contribution in [2.45, 2.75) is 13.8 Å². The van der Waals surface area contributed by atoms with Crippen LogP contribution in [0, 0.1) is 6.92 Å². The normalized spacial score (nSPS) is 10.9. The molecule has 2 rings (SSSR count). The second-order valence-electron chi connectivity index (χ2n) is 4.38. The molecule has 0 spiro atoms. The molecule has 0 radical (unpaired) electrons. The number of benzene rings is 1. The van der Waals surface area contributed by atoms with Gasteiger partial charge in [-0.15, -0.1) is 0 Å². The predicted molar refractivity (Wildman–Crippen MR) is 81.0 cm³/mol. The van der Waals surface area contributed by atoms with Gasteiger partial charge in [0.05, 0.1) is 11.4 Å². The van der Waals surface area contributed by atoms with Gasteiger partial charge in [0.25, 0.3) is 0 Å². The highest BCUT2D eigenvalue weighted by atomic mass is 35.5. The summed E-state index contributed by atoms with van der Waals surface area (Å²) in [5, 5.41) is 7.70. The summed E-state index contributed by atoms with van der Waals surface area (Å²) in [6, 6.07) is 9.72. The summed E-state index contributed by atoms with van der Waals surface area (Å²) in [6.07, 6.45) is 3.73. The lowest BCUT2D eigenvalue weighted by molar-refractivity contribution is -0.118. The van der Waals surface area contributed by atoms with Gasteiger partial charge in [0.2, 0.25) is 5.91 Å². The van der Waals surface area contributed by atoms with Crippen LogP contribution in [0.3, 0.4) is 0 Å². The molecule has 1 aromatic carbocycles. The lowest BCUT2D eigenvalue weighted by Crippen LogP contribution is -2.19. The molecule has 0 saturated carbocycles. The van der Waals surface area contributed by atoms with Crippen LogP contribution in [0.2, 0.25) is 5.15 Å². The Morgan fingerprint density at radius 1 is 1.40 bits per heavy atom. The van der Waals surface area contributed by atoms with Crippen molar-refractivity contribution in [2.75, 3.05) is 6.54 Å². The van der Waals surface area contributed by atoms with Crippen LogP contribution in [0.4, 0.5) is 0 Å². The smallest absolute Gasteiger partial charge is 0.217 e. The fourth-order valence-corrected chi connectivity index (χ4v) is 2.16. The minimum Gasteiger partial charge on any atom is -0.353 e. The molecule has 0 bridgehead atoms. The summed E-state index contributed by atoms with van der Waals surface area (Å²) in [4.78, 5) is 10.8. The Morgan fingerprint density at radius 2 is 2.10 bits per heavy atom. The standard InChI is InChI=1S/C15H16ClN3O/c1-11-14(9-6-10-17-12(2)20)15(16)19(18-11)13-7-4-3-5-8-13/h3-9H,10H2,1-2H3,(H,17,20). The number of hydrogen-bond acceptors (Lipinski definition) is 2. The minimum absolute atomic E-state index is 0.0579. The molecule has 1 heterocycles. The molecular formula is C15H16ClN3O. The number of hydrogen-bond donors (Lipinski definition) is 1. The molecule has 104 valence electrons. The fraction of sp³-hybridized carbons (Fsp3) is 0.200. The van der Waals surface area contributed by atoms with Crippen LogP contribution in [0.1, 0.15) is 18.2 Å². The average Bonchev–Trinajstić information content (AvgIpc) is 2.71. The van der Waals surface area contributed by atoms with Crippen molar-refractivity contribution in [1.29, 1.82) is 0 Å². The minimum atomic E-state index is -0.0579. The molecule has 0 atom stereocenters. The molecule has 1 aromatic heterocycles. The molecule has 0 aliphatic rings. The molecule has 0 aliphatic heterocycles. The van der Waals surface area contributed by atoms with Crippen molar-refractivity contribution < 1.29 is 4.79 Å². The lowest BCUT2D eigenvalue weighted by atomic mass is 10.2. The third-order valence-corrected chi connectivity index (χ3v) is 3.17. The van der Waals surface area contributed by atoms with Gasteiger partial charge >= 0.3 is 0 Å². The number of carbonyl (C=O) groups is 1. The highest BCUT2D eigenvalue weighted by Gasteiger charge is 2.11. The number of para-hydroxylation sites is 1. The van der Waals surface area contributed by atoms with Gasteiger partial charge in [-0.05, 0) is 19.1 Å². The van der Waals surface area contributed by atoms with E-state index in [1.807, 2.05) is 49.4 Å². The summed E-state index contributed by atoms with van der Waals surface area (Å²) in [7, 11) is 0. The molecule has 1 amide bonds. The van der Waals surface area contributed by atoms with Gasteiger partial charge in [0, 0.05) is 19.0 Å². The molecule has 1 N–H and O–H groups in total. The first kappa shape index (κ1) is 14.3. The van der Waals surface area contributed by atoms with Gasteiger partial charge in [0.1, 0.15) is 5.15 Å². The van der Waals surface area contributed by atoms with Gasteiger partial charge in [-0.2, -0.15) is 5.10 Å². The summed E-state index contributed by atoms with van der Waals surface area (Å²) < 4.78 is 1.70. The first-order valence-electron chi connectivity index (χ1n) is 6.31. The van der Waals surface area contributed by atoms with Crippen molar-refractivity contribution in [3.8, 4) is 5.69 Å². The number of halogens is 1. The number of nitrogens with zero attached hydrogens (tertiary/aromatic N) is 2. The topological polar surface area (TPSA) is 46.9 Å². The molecule has 4 nitrogen and oxygen atoms in total. The van der Waals surface area contributed by atoms with E-state index in [-0.39, 0.29) is 5.91 Å². The Balaban J connectivity index is 2.23. The van der Waals surface area contributed by atoms with Crippen LogP contribution in [-0.2, 0) is 4.79 Å². The number of amides is 1. The van der Waals surface area contributed by atoms with Crippen LogP contribution in [0.15, 0.2) is 36.4 Å². The van der Waals surface area contributed by atoms with E-state index >= 15 is 0 Å². The summed E-state index contributed by atoms with van der Waals surface area (Å²) in [5.74, 6) is -0.0579. The second-order valence-corrected chi connectivity index (χ2v) is 4.73. The van der Waals surface area contributed by atoms with E-state index in [4.69, 9.17) is 11.6 Å². The number of aromatic nitrogens is 2. The number of aryl methyl sites for hydroxylation is 1. The molecule has 0 unspecified atom stereocenters. The maximum Gasteiger partial charge on any atom is 0.217 e. The molecule has 0 aliphatic carbocycles. The summed E-state index contributed by atoms with van der Waals surface area (Å²) >= 11 is 6.37. The highest BCUT2D eigenvalue weighted by molar-refractivity contribution is 6.31. The fourth-order valence-electron chi connectivity index (χ4n) is 1.82. The Morgan fingerprint density at radius 3 is 2.75 bits per heavy atom. The van der Waals surface area contributed by atoms with Gasteiger partial charge in [0.15, 0.2) is 0 Å². The highest BCUT2D eigenvalue weighted by Crippen LogP contribution is 2.24. The van der Waals surface area contributed by atoms with Crippen molar-refractivity contribution in [3.05, 3.63) is 52.8 Å². The van der Waals surface area contributed by atoms with Crippen LogP contribution in [0.5, 0.6) is 0 Å². The lowest BCUT2D eigenvalue weighted by Gasteiger charge is -2.02. The maximum atomic E-state index is 10.8. The van der Waals surface area contributed by atoms with E-state index in [1.165, 1.54) is 6.92 Å². The zero-order valence-electron chi connectivity index (χ0n) is 11.4. The number of carbonyl (C=O) groups excluding carboxylic acids is 1. The van der Waals surface area contributed by atoms with Crippen LogP contribution in [0.25, 0.3) is 11.8 Å². The Hall–Kier alpha value is -2.07. The SMILES string of the molecule is CC(=O)NCC=Cc1c(C)nn(-c2ccccc2)c1Cl. The van der Waals surface area contributed by atoms with Crippen LogP contribution >= 0.6 is 11.6 Å². The first-order chi connectivity index (χ1) is 9.59. The van der Waals surface area contributed by atoms with Crippen molar-refractivity contribution >= 4 is 23.6 Å². The molecule has 2 aromatic rings. The Kier molecular flexibility index (Phi) is 4.58. The Labute approximate surface area is 123 Å². The van der Waals surface area contributed by atoms with Crippen molar-refractivity contribution in [1.82, 2.24) is 15.1 Å². The van der Waals surface area contributed by atoms with E-state index < -0.39 is 0 Å². The molecular weight excluding hydrogens is 274 g/mol. The molecule has 0 saturated heterocycles. The number of rotatable bonds is 4. The third-order valence-electron chi connectivity index (χ3n) is 2.80. The third kappa shape index (κ3) is 3.27. The quantitative estimate of drug-likeness (QED) is 0.940.